The number of hydrogen-bond acceptors (Lipinski definition) is 3. The minimum absolute atomic E-state index is 0.218. The summed E-state index contributed by atoms with van der Waals surface area (Å²) >= 11 is 0. The number of hydrogen-bond donors (Lipinski definition) is 2. The topological polar surface area (TPSA) is 86.9 Å². The van der Waals surface area contributed by atoms with E-state index in [9.17, 15) is 14.9 Å². The number of nitriles is 1. The van der Waals surface area contributed by atoms with E-state index >= 15 is 0 Å². The van der Waals surface area contributed by atoms with E-state index in [4.69, 9.17) is 0 Å². The van der Waals surface area contributed by atoms with Crippen molar-refractivity contribution in [2.24, 2.45) is 0 Å². The maximum atomic E-state index is 11.8. The fraction of sp³-hybridized carbons (Fsp3) is 0.0500. The number of aromatic nitrogens is 1. The first kappa shape index (κ1) is 15.7. The van der Waals surface area contributed by atoms with Crippen molar-refractivity contribution in [3.8, 4) is 6.07 Å². The van der Waals surface area contributed by atoms with Crippen LogP contribution in [0.2, 0.25) is 0 Å². The van der Waals surface area contributed by atoms with Gasteiger partial charge in [0.2, 0.25) is 0 Å². The smallest absolute Gasteiger partial charge is 0.326 e. The normalized spacial score (nSPS) is 15.1. The number of amides is 3. The Kier molecular flexibility index (Phi) is 3.75. The highest BCUT2D eigenvalue weighted by Crippen LogP contribution is 2.25. The second-order valence-corrected chi connectivity index (χ2v) is 5.96. The number of urea groups is 1. The molecule has 1 aliphatic rings. The van der Waals surface area contributed by atoms with Crippen LogP contribution >= 0.6 is 0 Å². The molecule has 0 unspecified atom stereocenters. The van der Waals surface area contributed by atoms with Crippen molar-refractivity contribution in [3.63, 3.8) is 0 Å². The van der Waals surface area contributed by atoms with Crippen LogP contribution in [0.25, 0.3) is 17.0 Å². The molecule has 0 spiro atoms. The average Bonchev–Trinajstić information content (AvgIpc) is 3.15. The Morgan fingerprint density at radius 1 is 1.04 bits per heavy atom. The van der Waals surface area contributed by atoms with Crippen LogP contribution in [-0.4, -0.2) is 16.5 Å². The first-order valence-electron chi connectivity index (χ1n) is 8.05. The summed E-state index contributed by atoms with van der Waals surface area (Å²) in [6.45, 7) is 0.534. The van der Waals surface area contributed by atoms with E-state index in [2.05, 4.69) is 16.7 Å². The van der Waals surface area contributed by atoms with Gasteiger partial charge in [-0.1, -0.05) is 36.4 Å². The van der Waals surface area contributed by atoms with Crippen molar-refractivity contribution in [2.45, 2.75) is 6.54 Å². The molecule has 6 nitrogen and oxygen atoms in total. The Bertz CT molecular complexity index is 1120. The molecule has 0 bridgehead atoms. The van der Waals surface area contributed by atoms with E-state index in [1.165, 1.54) is 0 Å². The number of imide groups is 1. The van der Waals surface area contributed by atoms with Gasteiger partial charge in [-0.15, -0.1) is 0 Å². The third-order valence-corrected chi connectivity index (χ3v) is 4.32. The summed E-state index contributed by atoms with van der Waals surface area (Å²) in [6.07, 6.45) is 3.58. The second-order valence-electron chi connectivity index (χ2n) is 5.96. The lowest BCUT2D eigenvalue weighted by atomic mass is 10.1. The predicted octanol–water partition coefficient (Wildman–Crippen LogP) is 2.74. The first-order valence-corrected chi connectivity index (χ1v) is 8.05. The van der Waals surface area contributed by atoms with E-state index in [1.807, 2.05) is 53.2 Å². The van der Waals surface area contributed by atoms with E-state index in [1.54, 1.807) is 12.1 Å². The number of nitrogens with one attached hydrogen (secondary N) is 2. The first-order chi connectivity index (χ1) is 12.7. The standard InChI is InChI=1S/C20H14N4O2/c21-10-13-5-1-2-6-14(13)11-24-12-15(16-7-3-4-8-18(16)24)9-17-19(25)23-20(26)22-17/h1-9,12H,11H2,(H2,22,23,25,26). The van der Waals surface area contributed by atoms with Crippen molar-refractivity contribution < 1.29 is 9.59 Å². The largest absolute Gasteiger partial charge is 0.342 e. The Balaban J connectivity index is 1.80. The zero-order valence-electron chi connectivity index (χ0n) is 13.7. The van der Waals surface area contributed by atoms with Gasteiger partial charge < -0.3 is 9.88 Å². The molecule has 6 heteroatoms. The summed E-state index contributed by atoms with van der Waals surface area (Å²) in [4.78, 5) is 23.1. The lowest BCUT2D eigenvalue weighted by Crippen LogP contribution is -2.22. The number of carbonyl (C=O) groups excluding carboxylic acids is 2. The van der Waals surface area contributed by atoms with Gasteiger partial charge >= 0.3 is 6.03 Å². The van der Waals surface area contributed by atoms with Crippen molar-refractivity contribution in [1.29, 1.82) is 5.26 Å². The summed E-state index contributed by atoms with van der Waals surface area (Å²) in [5, 5.41) is 15.0. The van der Waals surface area contributed by atoms with Crippen LogP contribution in [0.1, 0.15) is 16.7 Å². The van der Waals surface area contributed by atoms with Crippen molar-refractivity contribution >= 4 is 28.9 Å². The van der Waals surface area contributed by atoms with Crippen molar-refractivity contribution in [1.82, 2.24) is 15.2 Å². The summed E-state index contributed by atoms with van der Waals surface area (Å²) < 4.78 is 2.03. The van der Waals surface area contributed by atoms with Gasteiger partial charge in [-0.25, -0.2) is 4.79 Å². The Hall–Kier alpha value is -3.85. The molecule has 3 amide bonds. The van der Waals surface area contributed by atoms with Crippen LogP contribution in [0.4, 0.5) is 4.79 Å². The summed E-state index contributed by atoms with van der Waals surface area (Å²) in [6, 6.07) is 17.0. The molecule has 0 atom stereocenters. The van der Waals surface area contributed by atoms with Gasteiger partial charge in [0.1, 0.15) is 5.70 Å². The molecule has 1 aliphatic heterocycles. The summed E-state index contributed by atoms with van der Waals surface area (Å²) in [5.74, 6) is -0.443. The van der Waals surface area contributed by atoms with Gasteiger partial charge in [-0.2, -0.15) is 5.26 Å². The van der Waals surface area contributed by atoms with Gasteiger partial charge in [-0.05, 0) is 23.8 Å². The zero-order valence-corrected chi connectivity index (χ0v) is 13.7. The molecule has 0 radical (unpaired) electrons. The fourth-order valence-corrected chi connectivity index (χ4v) is 3.11. The molecule has 1 saturated heterocycles. The number of benzene rings is 2. The van der Waals surface area contributed by atoms with Crippen molar-refractivity contribution in [2.75, 3.05) is 0 Å². The van der Waals surface area contributed by atoms with Crippen LogP contribution in [0.15, 0.2) is 60.4 Å². The van der Waals surface area contributed by atoms with E-state index < -0.39 is 11.9 Å². The van der Waals surface area contributed by atoms with Gasteiger partial charge in [-0.3, -0.25) is 10.1 Å². The lowest BCUT2D eigenvalue weighted by molar-refractivity contribution is -0.115. The van der Waals surface area contributed by atoms with Gasteiger partial charge in [0.25, 0.3) is 5.91 Å². The van der Waals surface area contributed by atoms with Crippen LogP contribution < -0.4 is 10.6 Å². The number of para-hydroxylation sites is 1. The monoisotopic (exact) mass is 342 g/mol. The van der Waals surface area contributed by atoms with Crippen LogP contribution in [-0.2, 0) is 11.3 Å². The lowest BCUT2D eigenvalue weighted by Gasteiger charge is -2.07. The maximum Gasteiger partial charge on any atom is 0.326 e. The predicted molar refractivity (Wildman–Crippen MR) is 96.8 cm³/mol. The van der Waals surface area contributed by atoms with E-state index in [0.717, 1.165) is 22.0 Å². The molecular formula is C20H14N4O2. The number of fused-ring (bicyclic) bond motifs is 1. The number of carbonyl (C=O) groups is 2. The molecule has 2 heterocycles. The molecule has 0 saturated carbocycles. The maximum absolute atomic E-state index is 11.8. The highest BCUT2D eigenvalue weighted by Gasteiger charge is 2.23. The van der Waals surface area contributed by atoms with Crippen LogP contribution in [0.3, 0.4) is 0 Å². The number of nitrogens with zero attached hydrogens (tertiary/aromatic N) is 2. The van der Waals surface area contributed by atoms with Gasteiger partial charge in [0.15, 0.2) is 0 Å². The average molecular weight is 342 g/mol. The third-order valence-electron chi connectivity index (χ3n) is 4.32. The molecule has 1 fully saturated rings. The third kappa shape index (κ3) is 2.72. The quantitative estimate of drug-likeness (QED) is 0.567. The molecule has 26 heavy (non-hydrogen) atoms. The van der Waals surface area contributed by atoms with Crippen LogP contribution in [0.5, 0.6) is 0 Å². The van der Waals surface area contributed by atoms with Crippen molar-refractivity contribution in [3.05, 3.63) is 77.1 Å². The molecular weight excluding hydrogens is 328 g/mol. The molecule has 4 rings (SSSR count). The van der Waals surface area contributed by atoms with Gasteiger partial charge in [0, 0.05) is 29.2 Å². The molecule has 126 valence electrons. The summed E-state index contributed by atoms with van der Waals surface area (Å²) in [5.41, 5.74) is 3.57. The van der Waals surface area contributed by atoms with Crippen LogP contribution in [0, 0.1) is 11.3 Å². The van der Waals surface area contributed by atoms with E-state index in [-0.39, 0.29) is 5.70 Å². The highest BCUT2D eigenvalue weighted by molar-refractivity contribution is 6.14. The minimum Gasteiger partial charge on any atom is -0.342 e. The molecule has 2 N–H and O–H groups in total. The fourth-order valence-electron chi connectivity index (χ4n) is 3.11. The second kappa shape index (κ2) is 6.22. The minimum atomic E-state index is -0.520. The molecule has 2 aromatic carbocycles. The Morgan fingerprint density at radius 3 is 2.58 bits per heavy atom. The molecule has 0 aliphatic carbocycles. The Morgan fingerprint density at radius 2 is 1.81 bits per heavy atom. The molecule has 3 aromatic rings. The summed E-state index contributed by atoms with van der Waals surface area (Å²) in [7, 11) is 0. The molecule has 1 aromatic heterocycles. The van der Waals surface area contributed by atoms with Gasteiger partial charge in [0.05, 0.1) is 11.6 Å². The zero-order chi connectivity index (χ0) is 18.1. The highest BCUT2D eigenvalue weighted by atomic mass is 16.2. The Labute approximate surface area is 149 Å². The van der Waals surface area contributed by atoms with E-state index in [0.29, 0.717) is 12.1 Å². The SMILES string of the molecule is N#Cc1ccccc1Cn1cc(C=C2NC(=O)NC2=O)c2ccccc21. The number of rotatable bonds is 3.